The number of carboxylic acid groups (broad SMARTS) is 1. The lowest BCUT2D eigenvalue weighted by molar-refractivity contribution is -0.139. The summed E-state index contributed by atoms with van der Waals surface area (Å²) in [5.74, 6) is -0.643. The van der Waals surface area contributed by atoms with Crippen LogP contribution in [0.15, 0.2) is 0 Å². The van der Waals surface area contributed by atoms with Crippen molar-refractivity contribution >= 4 is 11.9 Å². The average Bonchev–Trinajstić information content (AvgIpc) is 1.96. The van der Waals surface area contributed by atoms with Gasteiger partial charge in [-0.05, 0) is 32.9 Å². The third kappa shape index (κ3) is 3.48. The highest BCUT2D eigenvalue weighted by Gasteiger charge is 2.32. The van der Waals surface area contributed by atoms with E-state index in [-0.39, 0.29) is 18.2 Å². The molecular weight excluding hydrogens is 208 g/mol. The molecule has 1 saturated heterocycles. The molecule has 1 aliphatic rings. The molecule has 5 nitrogen and oxygen atoms in total. The third-order valence-electron chi connectivity index (χ3n) is 2.99. The maximum Gasteiger partial charge on any atom is 0.305 e. The largest absolute Gasteiger partial charge is 0.481 e. The molecule has 0 radical (unpaired) electrons. The van der Waals surface area contributed by atoms with Gasteiger partial charge in [-0.3, -0.25) is 9.59 Å². The van der Waals surface area contributed by atoms with Gasteiger partial charge in [0, 0.05) is 11.5 Å². The molecule has 1 atom stereocenters. The van der Waals surface area contributed by atoms with Gasteiger partial charge >= 0.3 is 5.97 Å². The molecule has 0 aromatic carbocycles. The van der Waals surface area contributed by atoms with Crippen LogP contribution in [0.4, 0.5) is 0 Å². The number of carbonyl (C=O) groups excluding carboxylic acids is 1. The average molecular weight is 228 g/mol. The molecule has 1 fully saturated rings. The molecular formula is C11H20N2O3. The van der Waals surface area contributed by atoms with Crippen LogP contribution in [0.1, 0.15) is 27.2 Å². The lowest BCUT2D eigenvalue weighted by atomic mass is 9.87. The van der Waals surface area contributed by atoms with E-state index in [0.29, 0.717) is 5.92 Å². The zero-order valence-corrected chi connectivity index (χ0v) is 10.0. The maximum atomic E-state index is 11.8. The van der Waals surface area contributed by atoms with E-state index < -0.39 is 11.5 Å². The fourth-order valence-electron chi connectivity index (χ4n) is 1.75. The van der Waals surface area contributed by atoms with Gasteiger partial charge in [0.1, 0.15) is 0 Å². The highest BCUT2D eigenvalue weighted by atomic mass is 16.4. The van der Waals surface area contributed by atoms with Crippen LogP contribution in [0.2, 0.25) is 0 Å². The zero-order valence-electron chi connectivity index (χ0n) is 10.0. The van der Waals surface area contributed by atoms with Crippen molar-refractivity contribution in [1.82, 2.24) is 10.6 Å². The molecule has 0 aromatic heterocycles. The topological polar surface area (TPSA) is 78.4 Å². The summed E-state index contributed by atoms with van der Waals surface area (Å²) >= 11 is 0. The molecule has 1 heterocycles. The number of nitrogens with one attached hydrogen (secondary N) is 2. The van der Waals surface area contributed by atoms with Crippen molar-refractivity contribution < 1.29 is 14.7 Å². The highest BCUT2D eigenvalue weighted by molar-refractivity contribution is 5.80. The molecule has 5 heteroatoms. The summed E-state index contributed by atoms with van der Waals surface area (Å²) in [7, 11) is 0. The summed E-state index contributed by atoms with van der Waals surface area (Å²) in [5, 5.41) is 14.6. The third-order valence-corrected chi connectivity index (χ3v) is 2.99. The van der Waals surface area contributed by atoms with Crippen molar-refractivity contribution in [2.75, 3.05) is 13.1 Å². The Morgan fingerprint density at radius 3 is 2.44 bits per heavy atom. The second-order valence-electron chi connectivity index (χ2n) is 5.15. The Kier molecular flexibility index (Phi) is 3.91. The van der Waals surface area contributed by atoms with E-state index in [1.165, 1.54) is 0 Å². The Morgan fingerprint density at radius 1 is 1.50 bits per heavy atom. The van der Waals surface area contributed by atoms with Crippen LogP contribution in [0.5, 0.6) is 0 Å². The first-order chi connectivity index (χ1) is 7.32. The number of aliphatic carboxylic acids is 1. The molecule has 0 spiro atoms. The SMILES string of the molecule is CC(C(=O)NC(C)(C)CC(=O)O)C1CNC1. The summed E-state index contributed by atoms with van der Waals surface area (Å²) in [4.78, 5) is 22.4. The van der Waals surface area contributed by atoms with Gasteiger partial charge in [-0.2, -0.15) is 0 Å². The Hall–Kier alpha value is -1.10. The lowest BCUT2D eigenvalue weighted by Crippen LogP contribution is -2.53. The number of hydrogen-bond donors (Lipinski definition) is 3. The summed E-state index contributed by atoms with van der Waals surface area (Å²) < 4.78 is 0. The molecule has 1 aliphatic heterocycles. The molecule has 3 N–H and O–H groups in total. The van der Waals surface area contributed by atoms with E-state index in [2.05, 4.69) is 10.6 Å². The number of hydrogen-bond acceptors (Lipinski definition) is 3. The fraction of sp³-hybridized carbons (Fsp3) is 0.818. The Balaban J connectivity index is 2.45. The Bertz CT molecular complexity index is 285. The number of rotatable bonds is 5. The van der Waals surface area contributed by atoms with E-state index in [0.717, 1.165) is 13.1 Å². The van der Waals surface area contributed by atoms with E-state index in [1.54, 1.807) is 13.8 Å². The van der Waals surface area contributed by atoms with Crippen LogP contribution in [0, 0.1) is 11.8 Å². The second kappa shape index (κ2) is 4.82. The van der Waals surface area contributed by atoms with Crippen LogP contribution in [0.25, 0.3) is 0 Å². The van der Waals surface area contributed by atoms with Gasteiger partial charge in [0.05, 0.1) is 6.42 Å². The second-order valence-corrected chi connectivity index (χ2v) is 5.15. The van der Waals surface area contributed by atoms with Crippen molar-refractivity contribution in [1.29, 1.82) is 0 Å². The molecule has 1 rings (SSSR count). The molecule has 0 saturated carbocycles. The standard InChI is InChI=1S/C11H20N2O3/c1-7(8-5-12-6-8)10(16)13-11(2,3)4-9(14)15/h7-8,12H,4-6H2,1-3H3,(H,13,16)(H,14,15). The van der Waals surface area contributed by atoms with Gasteiger partial charge in [0.2, 0.25) is 5.91 Å². The van der Waals surface area contributed by atoms with Crippen molar-refractivity contribution in [3.05, 3.63) is 0 Å². The maximum absolute atomic E-state index is 11.8. The molecule has 16 heavy (non-hydrogen) atoms. The van der Waals surface area contributed by atoms with Crippen molar-refractivity contribution in [3.63, 3.8) is 0 Å². The predicted octanol–water partition coefficient (Wildman–Crippen LogP) is 0.211. The molecule has 0 bridgehead atoms. The van der Waals surface area contributed by atoms with Gasteiger partial charge in [0.25, 0.3) is 0 Å². The number of carbonyl (C=O) groups is 2. The normalized spacial score (nSPS) is 18.7. The first kappa shape index (κ1) is 13.0. The summed E-state index contributed by atoms with van der Waals surface area (Å²) in [6, 6.07) is 0. The van der Waals surface area contributed by atoms with E-state index in [1.807, 2.05) is 6.92 Å². The Labute approximate surface area is 95.6 Å². The minimum absolute atomic E-state index is 0.0576. The quantitative estimate of drug-likeness (QED) is 0.628. The van der Waals surface area contributed by atoms with Crippen molar-refractivity contribution in [2.45, 2.75) is 32.7 Å². The minimum atomic E-state index is -0.900. The van der Waals surface area contributed by atoms with Gasteiger partial charge < -0.3 is 15.7 Å². The predicted molar refractivity (Wildman–Crippen MR) is 60.0 cm³/mol. The first-order valence-electron chi connectivity index (χ1n) is 5.56. The molecule has 0 aliphatic carbocycles. The molecule has 1 unspecified atom stereocenters. The van der Waals surface area contributed by atoms with Crippen LogP contribution < -0.4 is 10.6 Å². The number of carboxylic acids is 1. The van der Waals surface area contributed by atoms with Crippen molar-refractivity contribution in [2.24, 2.45) is 11.8 Å². The first-order valence-corrected chi connectivity index (χ1v) is 5.56. The molecule has 0 aromatic rings. The van der Waals surface area contributed by atoms with Gasteiger partial charge in [-0.25, -0.2) is 0 Å². The molecule has 92 valence electrons. The summed E-state index contributed by atoms with van der Waals surface area (Å²) in [5.41, 5.74) is -0.686. The van der Waals surface area contributed by atoms with Crippen molar-refractivity contribution in [3.8, 4) is 0 Å². The van der Waals surface area contributed by atoms with Crippen LogP contribution in [-0.2, 0) is 9.59 Å². The highest BCUT2D eigenvalue weighted by Crippen LogP contribution is 2.18. The number of amides is 1. The molecule has 1 amide bonds. The lowest BCUT2D eigenvalue weighted by Gasteiger charge is -2.34. The summed E-state index contributed by atoms with van der Waals surface area (Å²) in [6.07, 6.45) is -0.0611. The zero-order chi connectivity index (χ0) is 12.3. The fourth-order valence-corrected chi connectivity index (χ4v) is 1.75. The summed E-state index contributed by atoms with van der Waals surface area (Å²) in [6.45, 7) is 7.08. The Morgan fingerprint density at radius 2 is 2.06 bits per heavy atom. The van der Waals surface area contributed by atoms with E-state index >= 15 is 0 Å². The van der Waals surface area contributed by atoms with Crippen LogP contribution in [-0.4, -0.2) is 35.6 Å². The van der Waals surface area contributed by atoms with Crippen LogP contribution in [0.3, 0.4) is 0 Å². The van der Waals surface area contributed by atoms with Crippen LogP contribution >= 0.6 is 0 Å². The van der Waals surface area contributed by atoms with Gasteiger partial charge in [0.15, 0.2) is 0 Å². The minimum Gasteiger partial charge on any atom is -0.481 e. The monoisotopic (exact) mass is 228 g/mol. The van der Waals surface area contributed by atoms with E-state index in [9.17, 15) is 9.59 Å². The van der Waals surface area contributed by atoms with Gasteiger partial charge in [-0.1, -0.05) is 6.92 Å². The smallest absolute Gasteiger partial charge is 0.305 e. The van der Waals surface area contributed by atoms with E-state index in [4.69, 9.17) is 5.11 Å². The van der Waals surface area contributed by atoms with Gasteiger partial charge in [-0.15, -0.1) is 0 Å².